The van der Waals surface area contributed by atoms with E-state index in [1.54, 1.807) is 6.92 Å². The number of hydrogen-bond donors (Lipinski definition) is 3. The van der Waals surface area contributed by atoms with E-state index in [9.17, 15) is 14.4 Å². The number of carbonyl (C=O) groups excluding carboxylic acids is 2. The number of aromatic nitrogens is 2. The molecule has 0 aromatic carbocycles. The molecule has 2 amide bonds. The Morgan fingerprint density at radius 1 is 1.41 bits per heavy atom. The maximum absolute atomic E-state index is 12.6. The number of carbonyl (C=O) groups is 2. The number of aryl methyl sites for hydroxylation is 1. The van der Waals surface area contributed by atoms with Gasteiger partial charge in [-0.3, -0.25) is 19.5 Å². The van der Waals surface area contributed by atoms with Crippen molar-refractivity contribution in [3.63, 3.8) is 0 Å². The lowest BCUT2D eigenvalue weighted by atomic mass is 9.94. The molecule has 1 heterocycles. The van der Waals surface area contributed by atoms with Gasteiger partial charge in [-0.2, -0.15) is 5.26 Å². The van der Waals surface area contributed by atoms with Crippen LogP contribution in [0.25, 0.3) is 5.57 Å². The van der Waals surface area contributed by atoms with E-state index in [0.717, 1.165) is 0 Å². The number of rotatable bonds is 7. The zero-order valence-corrected chi connectivity index (χ0v) is 16.3. The average molecular weight is 401 g/mol. The minimum absolute atomic E-state index is 0.0332. The number of alkyl carbamates (subject to hydrolysis) is 1. The van der Waals surface area contributed by atoms with E-state index < -0.39 is 11.7 Å². The van der Waals surface area contributed by atoms with Crippen molar-refractivity contribution in [3.8, 4) is 6.07 Å². The molecule has 0 aliphatic heterocycles. The molecule has 1 aromatic heterocycles. The van der Waals surface area contributed by atoms with E-state index in [1.807, 2.05) is 0 Å². The summed E-state index contributed by atoms with van der Waals surface area (Å²) in [7, 11) is 1.22. The highest BCUT2D eigenvalue weighted by Crippen LogP contribution is 2.29. The van der Waals surface area contributed by atoms with Gasteiger partial charge >= 0.3 is 6.09 Å². The molecular formula is C19H23N5O5. The molecule has 0 unspecified atom stereocenters. The number of allylic oxidation sites excluding steroid dienone is 3. The topological polar surface area (TPSA) is 146 Å². The van der Waals surface area contributed by atoms with Crippen LogP contribution >= 0.6 is 0 Å². The van der Waals surface area contributed by atoms with Crippen LogP contribution in [0.4, 0.5) is 4.79 Å². The van der Waals surface area contributed by atoms with Crippen molar-refractivity contribution in [1.82, 2.24) is 20.2 Å². The number of nitriles is 1. The van der Waals surface area contributed by atoms with Gasteiger partial charge in [-0.25, -0.2) is 9.78 Å². The molecule has 1 aliphatic rings. The summed E-state index contributed by atoms with van der Waals surface area (Å²) in [4.78, 5) is 40.6. The van der Waals surface area contributed by atoms with Crippen LogP contribution in [-0.4, -0.2) is 46.9 Å². The summed E-state index contributed by atoms with van der Waals surface area (Å²) in [5.41, 5.74) is 1.40. The van der Waals surface area contributed by atoms with Crippen LogP contribution in [0.1, 0.15) is 30.8 Å². The van der Waals surface area contributed by atoms with Gasteiger partial charge in [-0.05, 0) is 32.3 Å². The molecule has 10 nitrogen and oxygen atoms in total. The fourth-order valence-electron chi connectivity index (χ4n) is 2.83. The first-order chi connectivity index (χ1) is 13.9. The first-order valence-corrected chi connectivity index (χ1v) is 9.04. The first-order valence-electron chi connectivity index (χ1n) is 9.04. The van der Waals surface area contributed by atoms with Gasteiger partial charge in [0, 0.05) is 30.4 Å². The lowest BCUT2D eigenvalue weighted by molar-refractivity contribution is -0.121. The molecule has 0 radical (unpaired) electrons. The van der Waals surface area contributed by atoms with Gasteiger partial charge < -0.3 is 15.2 Å². The summed E-state index contributed by atoms with van der Waals surface area (Å²) in [6.07, 6.45) is 2.13. The van der Waals surface area contributed by atoms with Crippen molar-refractivity contribution in [2.45, 2.75) is 32.7 Å². The Labute approximate surface area is 167 Å². The number of methoxy groups -OCH3 is 1. The molecule has 0 saturated carbocycles. The maximum atomic E-state index is 12.6. The van der Waals surface area contributed by atoms with Crippen LogP contribution in [0.15, 0.2) is 28.2 Å². The molecule has 0 bridgehead atoms. The Morgan fingerprint density at radius 3 is 2.79 bits per heavy atom. The summed E-state index contributed by atoms with van der Waals surface area (Å²) in [6, 6.07) is 3.36. The minimum Gasteiger partial charge on any atom is -0.453 e. The van der Waals surface area contributed by atoms with Gasteiger partial charge in [0.15, 0.2) is 0 Å². The molecule has 1 aromatic rings. The number of aliphatic hydroxyl groups is 1. The van der Waals surface area contributed by atoms with E-state index >= 15 is 0 Å². The second-order valence-corrected chi connectivity index (χ2v) is 6.33. The van der Waals surface area contributed by atoms with Crippen LogP contribution < -0.4 is 16.2 Å². The SMILES string of the molecule is COC(=O)NC1=C(c2cc(=O)n(CC(=O)NCCCO)c(C)n2)CCC(C#N)=C1. The fraction of sp³-hybridized carbons (Fsp3) is 0.421. The summed E-state index contributed by atoms with van der Waals surface area (Å²) >= 11 is 0. The highest BCUT2D eigenvalue weighted by Gasteiger charge is 2.20. The molecule has 0 atom stereocenters. The highest BCUT2D eigenvalue weighted by atomic mass is 16.5. The molecule has 29 heavy (non-hydrogen) atoms. The number of nitrogens with zero attached hydrogens (tertiary/aromatic N) is 3. The van der Waals surface area contributed by atoms with Gasteiger partial charge in [0.25, 0.3) is 5.56 Å². The van der Waals surface area contributed by atoms with Crippen molar-refractivity contribution < 1.29 is 19.4 Å². The molecule has 1 aliphatic carbocycles. The van der Waals surface area contributed by atoms with Crippen molar-refractivity contribution in [2.24, 2.45) is 0 Å². The van der Waals surface area contributed by atoms with Crippen LogP contribution in [0, 0.1) is 18.3 Å². The Bertz CT molecular complexity index is 955. The van der Waals surface area contributed by atoms with Crippen molar-refractivity contribution in [3.05, 3.63) is 45.3 Å². The lowest BCUT2D eigenvalue weighted by Gasteiger charge is -2.19. The quantitative estimate of drug-likeness (QED) is 0.559. The molecule has 3 N–H and O–H groups in total. The zero-order valence-electron chi connectivity index (χ0n) is 16.3. The molecule has 10 heteroatoms. The number of amides is 2. The van der Waals surface area contributed by atoms with Gasteiger partial charge in [0.05, 0.1) is 24.6 Å². The summed E-state index contributed by atoms with van der Waals surface area (Å²) in [5, 5.41) is 23.1. The number of aliphatic hydroxyl groups excluding tert-OH is 1. The van der Waals surface area contributed by atoms with Gasteiger partial charge in [-0.1, -0.05) is 0 Å². The maximum Gasteiger partial charge on any atom is 0.411 e. The molecule has 0 saturated heterocycles. The molecular weight excluding hydrogens is 378 g/mol. The Balaban J connectivity index is 2.35. The van der Waals surface area contributed by atoms with Crippen molar-refractivity contribution in [1.29, 1.82) is 5.26 Å². The van der Waals surface area contributed by atoms with Crippen LogP contribution in [0.2, 0.25) is 0 Å². The van der Waals surface area contributed by atoms with Gasteiger partial charge in [0.2, 0.25) is 5.91 Å². The molecule has 154 valence electrons. The van der Waals surface area contributed by atoms with Crippen LogP contribution in [0.5, 0.6) is 0 Å². The van der Waals surface area contributed by atoms with Crippen LogP contribution in [-0.2, 0) is 16.1 Å². The Morgan fingerprint density at radius 2 is 2.17 bits per heavy atom. The normalized spacial score (nSPS) is 13.4. The predicted molar refractivity (Wildman–Crippen MR) is 103 cm³/mol. The van der Waals surface area contributed by atoms with E-state index in [1.165, 1.54) is 23.8 Å². The number of hydrogen-bond acceptors (Lipinski definition) is 7. The van der Waals surface area contributed by atoms with E-state index in [2.05, 4.69) is 26.4 Å². The minimum atomic E-state index is -0.697. The first kappa shape index (κ1) is 21.8. The largest absolute Gasteiger partial charge is 0.453 e. The summed E-state index contributed by atoms with van der Waals surface area (Å²) in [5.74, 6) is -0.0190. The summed E-state index contributed by atoms with van der Waals surface area (Å²) in [6.45, 7) is 1.71. The third-order valence-electron chi connectivity index (χ3n) is 4.32. The number of nitrogens with one attached hydrogen (secondary N) is 2. The Kier molecular flexibility index (Phi) is 7.68. The Hall–Kier alpha value is -3.45. The van der Waals surface area contributed by atoms with E-state index in [-0.39, 0.29) is 19.1 Å². The highest BCUT2D eigenvalue weighted by molar-refractivity contribution is 5.79. The van der Waals surface area contributed by atoms with Gasteiger partial charge in [0.1, 0.15) is 12.4 Å². The second-order valence-electron chi connectivity index (χ2n) is 6.33. The van der Waals surface area contributed by atoms with Crippen LogP contribution in [0.3, 0.4) is 0 Å². The smallest absolute Gasteiger partial charge is 0.411 e. The van der Waals surface area contributed by atoms with Crippen molar-refractivity contribution in [2.75, 3.05) is 20.3 Å². The molecule has 0 fully saturated rings. The fourth-order valence-corrected chi connectivity index (χ4v) is 2.83. The third-order valence-corrected chi connectivity index (χ3v) is 4.32. The molecule has 0 spiro atoms. The summed E-state index contributed by atoms with van der Waals surface area (Å²) < 4.78 is 5.86. The second kappa shape index (κ2) is 10.2. The standard InChI is InChI=1S/C19H23N5O5/c1-12-22-16(9-18(27)24(12)11-17(26)21-6-3-7-25)14-5-4-13(10-20)8-15(14)23-19(28)29-2/h8-9,25H,3-7,11H2,1-2H3,(H,21,26)(H,23,28). The van der Waals surface area contributed by atoms with E-state index in [0.29, 0.717) is 54.2 Å². The lowest BCUT2D eigenvalue weighted by Crippen LogP contribution is -2.34. The monoisotopic (exact) mass is 401 g/mol. The third kappa shape index (κ3) is 5.76. The zero-order chi connectivity index (χ0) is 21.4. The average Bonchev–Trinajstić information content (AvgIpc) is 2.70. The van der Waals surface area contributed by atoms with E-state index in [4.69, 9.17) is 10.4 Å². The van der Waals surface area contributed by atoms with Gasteiger partial charge in [-0.15, -0.1) is 0 Å². The van der Waals surface area contributed by atoms with Crippen molar-refractivity contribution >= 4 is 17.6 Å². The molecule has 2 rings (SSSR count). The predicted octanol–water partition coefficient (Wildman–Crippen LogP) is 0.361. The number of ether oxygens (including phenoxy) is 1.